The van der Waals surface area contributed by atoms with Crippen LogP contribution in [0.15, 0.2) is 115 Å². The molecule has 348 valence electrons. The topological polar surface area (TPSA) is 9.72 Å². The zero-order valence-electron chi connectivity index (χ0n) is 43.5. The Balaban J connectivity index is 1.21. The van der Waals surface area contributed by atoms with E-state index in [9.17, 15) is 0 Å². The predicted octanol–water partition coefficient (Wildman–Crippen LogP) is 14.6. The van der Waals surface area contributed by atoms with E-state index < -0.39 is 8.07 Å². The van der Waals surface area contributed by atoms with Crippen molar-refractivity contribution in [3.05, 3.63) is 138 Å². The maximum atomic E-state index is 2.97. The summed E-state index contributed by atoms with van der Waals surface area (Å²) in [6.07, 6.45) is 9.84. The van der Waals surface area contributed by atoms with Gasteiger partial charge in [0, 0.05) is 50.6 Å². The molecule has 3 nitrogen and oxygen atoms in total. The van der Waals surface area contributed by atoms with Crippen molar-refractivity contribution in [2.75, 3.05) is 14.7 Å². The summed E-state index contributed by atoms with van der Waals surface area (Å²) in [7, 11) is -1.74. The fourth-order valence-corrected chi connectivity index (χ4v) is 15.9. The number of hydrogen-bond acceptors (Lipinski definition) is 3. The highest BCUT2D eigenvalue weighted by Crippen LogP contribution is 2.65. The summed E-state index contributed by atoms with van der Waals surface area (Å²) in [5.74, 6) is 0. The number of anilines is 7. The van der Waals surface area contributed by atoms with Gasteiger partial charge in [-0.1, -0.05) is 179 Å². The summed E-state index contributed by atoms with van der Waals surface area (Å²) in [5.41, 5.74) is 22.4. The van der Waals surface area contributed by atoms with Crippen LogP contribution in [0.1, 0.15) is 143 Å². The molecule has 4 heterocycles. The Labute approximate surface area is 410 Å². The predicted molar refractivity (Wildman–Crippen MR) is 297 cm³/mol. The fraction of sp³-hybridized carbons (Fsp3) is 0.429. The summed E-state index contributed by atoms with van der Waals surface area (Å²) in [4.78, 5) is 8.57. The zero-order chi connectivity index (χ0) is 47.7. The maximum absolute atomic E-state index is 2.97. The van der Waals surface area contributed by atoms with Gasteiger partial charge in [0.25, 0.3) is 6.71 Å². The molecule has 2 saturated carbocycles. The second-order valence-corrected chi connectivity index (χ2v) is 31.2. The molecular formula is C63H74BN3Si. The van der Waals surface area contributed by atoms with Crippen LogP contribution >= 0.6 is 0 Å². The van der Waals surface area contributed by atoms with Crippen LogP contribution in [-0.2, 0) is 21.7 Å². The quantitative estimate of drug-likeness (QED) is 0.163. The van der Waals surface area contributed by atoms with E-state index in [2.05, 4.69) is 219 Å². The molecule has 5 heteroatoms. The lowest BCUT2D eigenvalue weighted by atomic mass is 9.33. The second kappa shape index (κ2) is 14.3. The Morgan fingerprint density at radius 3 is 1.79 bits per heavy atom. The SMILES string of the molecule is CC(C)(C)c1cccc(N2c3cc(C(C)(C)C)ccc3B3c4cc([Si](C)(C)C)cc5c4N(c4cc(N6c7ccc(-c8ccccc8)cc7C7(C)CCCCC67C)cc2c43)C2(C)CCCCC52C)c1. The molecule has 6 aromatic carbocycles. The monoisotopic (exact) mass is 912 g/mol. The maximum Gasteiger partial charge on any atom is 0.252 e. The van der Waals surface area contributed by atoms with Gasteiger partial charge >= 0.3 is 0 Å². The highest BCUT2D eigenvalue weighted by Gasteiger charge is 2.63. The molecule has 0 N–H and O–H groups in total. The van der Waals surface area contributed by atoms with Gasteiger partial charge in [-0.05, 0) is 143 Å². The summed E-state index contributed by atoms with van der Waals surface area (Å²) < 4.78 is 0. The van der Waals surface area contributed by atoms with Gasteiger partial charge in [0.15, 0.2) is 0 Å². The van der Waals surface area contributed by atoms with Gasteiger partial charge in [-0.2, -0.15) is 0 Å². The molecule has 0 radical (unpaired) electrons. The third-order valence-corrected chi connectivity index (χ3v) is 21.2. The standard InChI is InChI=1S/C63H74BN3Si/c1-58(2,3)43-24-21-25-45(35-43)65-53-36-44(59(4,5)6)27-28-50(53)64-51-40-47(68(11,12)13)39-49-57(51)67(63(10)33-20-18-31-61(49,63)8)55-38-46(37-54(65)56(55)64)66-52-29-26-42(41-22-15-14-16-23-41)34-48(52)60(7)30-17-19-32-62(60,66)9/h14-16,21-29,34-40H,17-20,30-33H2,1-13H3. The minimum absolute atomic E-state index is 0.00175. The summed E-state index contributed by atoms with van der Waals surface area (Å²) >= 11 is 0. The van der Waals surface area contributed by atoms with E-state index in [-0.39, 0.29) is 39.5 Å². The number of hydrogen-bond donors (Lipinski definition) is 0. The lowest BCUT2D eigenvalue weighted by Crippen LogP contribution is -2.65. The minimum atomic E-state index is -1.74. The molecule has 0 saturated heterocycles. The normalized spacial score (nSPS) is 25.7. The van der Waals surface area contributed by atoms with E-state index in [1.54, 1.807) is 10.8 Å². The lowest BCUT2D eigenvalue weighted by Gasteiger charge is -2.54. The number of nitrogens with zero attached hydrogens (tertiary/aromatic N) is 3. The molecule has 4 unspecified atom stereocenters. The van der Waals surface area contributed by atoms with Crippen molar-refractivity contribution in [3.63, 3.8) is 0 Å². The highest BCUT2D eigenvalue weighted by atomic mass is 28.3. The van der Waals surface area contributed by atoms with Crippen molar-refractivity contribution in [1.29, 1.82) is 0 Å². The first-order valence-corrected chi connectivity index (χ1v) is 29.8. The molecule has 4 aliphatic heterocycles. The Morgan fingerprint density at radius 1 is 0.485 bits per heavy atom. The first kappa shape index (κ1) is 44.2. The summed E-state index contributed by atoms with van der Waals surface area (Å²) in [5, 5.41) is 1.60. The van der Waals surface area contributed by atoms with Crippen LogP contribution in [-0.4, -0.2) is 25.9 Å². The molecule has 0 aromatic heterocycles. The Bertz CT molecular complexity index is 3080. The molecule has 6 aromatic rings. The van der Waals surface area contributed by atoms with Crippen LogP contribution in [0.4, 0.5) is 39.8 Å². The van der Waals surface area contributed by atoms with E-state index in [1.807, 2.05) is 0 Å². The number of rotatable bonds is 4. The molecule has 2 aliphatic carbocycles. The molecule has 0 amide bonds. The molecule has 12 rings (SSSR count). The van der Waals surface area contributed by atoms with Gasteiger partial charge in [0.05, 0.1) is 19.2 Å². The third-order valence-electron chi connectivity index (χ3n) is 19.2. The van der Waals surface area contributed by atoms with Crippen molar-refractivity contribution in [2.24, 2.45) is 0 Å². The van der Waals surface area contributed by atoms with Gasteiger partial charge in [0.1, 0.15) is 0 Å². The van der Waals surface area contributed by atoms with Crippen molar-refractivity contribution < 1.29 is 0 Å². The first-order chi connectivity index (χ1) is 32.1. The van der Waals surface area contributed by atoms with E-state index in [1.165, 1.54) is 129 Å². The number of fused-ring (bicyclic) bond motifs is 10. The Morgan fingerprint density at radius 2 is 1.12 bits per heavy atom. The molecular weight excluding hydrogens is 838 g/mol. The van der Waals surface area contributed by atoms with Gasteiger partial charge in [-0.15, -0.1) is 0 Å². The van der Waals surface area contributed by atoms with E-state index in [4.69, 9.17) is 0 Å². The average Bonchev–Trinajstić information content (AvgIpc) is 3.64. The van der Waals surface area contributed by atoms with Crippen molar-refractivity contribution >= 4 is 76.2 Å². The van der Waals surface area contributed by atoms with E-state index in [0.717, 1.165) is 6.42 Å². The summed E-state index contributed by atoms with van der Waals surface area (Å²) in [6.45, 7) is 32.6. The highest BCUT2D eigenvalue weighted by molar-refractivity contribution is 7.01. The fourth-order valence-electron chi connectivity index (χ4n) is 14.7. The van der Waals surface area contributed by atoms with Crippen LogP contribution in [0.5, 0.6) is 0 Å². The Hall–Kier alpha value is -5.00. The molecule has 0 bridgehead atoms. The molecule has 6 aliphatic rings. The van der Waals surface area contributed by atoms with Crippen LogP contribution in [0.3, 0.4) is 0 Å². The van der Waals surface area contributed by atoms with Crippen LogP contribution in [0, 0.1) is 0 Å². The van der Waals surface area contributed by atoms with Gasteiger partial charge in [0.2, 0.25) is 0 Å². The van der Waals surface area contributed by atoms with Crippen molar-refractivity contribution in [3.8, 4) is 11.1 Å². The Kier molecular flexibility index (Phi) is 9.30. The van der Waals surface area contributed by atoms with Crippen molar-refractivity contribution in [1.82, 2.24) is 0 Å². The van der Waals surface area contributed by atoms with Gasteiger partial charge in [-0.3, -0.25) is 0 Å². The molecule has 2 fully saturated rings. The summed E-state index contributed by atoms with van der Waals surface area (Å²) in [6, 6.07) is 46.6. The second-order valence-electron chi connectivity index (χ2n) is 26.1. The van der Waals surface area contributed by atoms with Crippen LogP contribution in [0.2, 0.25) is 19.6 Å². The number of benzene rings is 6. The zero-order valence-corrected chi connectivity index (χ0v) is 44.5. The molecule has 68 heavy (non-hydrogen) atoms. The van der Waals surface area contributed by atoms with Gasteiger partial charge in [-0.25, -0.2) is 0 Å². The smallest absolute Gasteiger partial charge is 0.252 e. The molecule has 4 atom stereocenters. The minimum Gasteiger partial charge on any atom is -0.335 e. The lowest BCUT2D eigenvalue weighted by molar-refractivity contribution is 0.194. The van der Waals surface area contributed by atoms with Crippen LogP contribution in [0.25, 0.3) is 11.1 Å². The van der Waals surface area contributed by atoms with Crippen molar-refractivity contribution in [2.45, 2.75) is 173 Å². The van der Waals surface area contributed by atoms with E-state index in [0.29, 0.717) is 0 Å². The average molecular weight is 912 g/mol. The van der Waals surface area contributed by atoms with Crippen LogP contribution < -0.4 is 36.3 Å². The first-order valence-electron chi connectivity index (χ1n) is 26.3. The van der Waals surface area contributed by atoms with Gasteiger partial charge < -0.3 is 14.7 Å². The third kappa shape index (κ3) is 5.90. The molecule has 0 spiro atoms. The largest absolute Gasteiger partial charge is 0.335 e. The van der Waals surface area contributed by atoms with E-state index >= 15 is 0 Å².